The summed E-state index contributed by atoms with van der Waals surface area (Å²) in [6.45, 7) is 1.76. The maximum Gasteiger partial charge on any atom is 0.465 e. The van der Waals surface area contributed by atoms with Crippen molar-refractivity contribution in [2.75, 3.05) is 19.7 Å². The molecule has 1 aliphatic carbocycles. The molecule has 9 heteroatoms. The van der Waals surface area contributed by atoms with E-state index >= 15 is 0 Å². The molecule has 0 aromatic carbocycles. The highest BCUT2D eigenvalue weighted by Crippen LogP contribution is 2.37. The van der Waals surface area contributed by atoms with E-state index in [2.05, 4.69) is 10.1 Å². The summed E-state index contributed by atoms with van der Waals surface area (Å²) in [6, 6.07) is 0. The van der Waals surface area contributed by atoms with Crippen molar-refractivity contribution >= 4 is 16.1 Å². The third-order valence-electron chi connectivity index (χ3n) is 4.42. The second-order valence-electron chi connectivity index (χ2n) is 6.23. The van der Waals surface area contributed by atoms with E-state index < -0.39 is 21.3 Å². The molecule has 2 unspecified atom stereocenters. The lowest BCUT2D eigenvalue weighted by molar-refractivity contribution is -0.161. The first-order valence-corrected chi connectivity index (χ1v) is 8.87. The molecule has 1 aliphatic heterocycles. The first-order valence-electron chi connectivity index (χ1n) is 7.43. The monoisotopic (exact) mass is 341 g/mol. The Morgan fingerprint density at radius 2 is 1.82 bits per heavy atom. The standard InChI is InChI=1S/C13H21F2NO5S/c14-13(15,22(18,19)20)12(17)21-3-1-2-9-4-10-6-11(5-9)8-16-7-10/h9-11,16H,1-8H2,(H,18,19,20). The van der Waals surface area contributed by atoms with Crippen molar-refractivity contribution in [3.63, 3.8) is 0 Å². The van der Waals surface area contributed by atoms with Crippen molar-refractivity contribution in [3.8, 4) is 0 Å². The van der Waals surface area contributed by atoms with Crippen LogP contribution >= 0.6 is 0 Å². The molecule has 2 aliphatic rings. The molecule has 2 atom stereocenters. The van der Waals surface area contributed by atoms with Crippen molar-refractivity contribution < 1.29 is 31.3 Å². The molecule has 0 radical (unpaired) electrons. The van der Waals surface area contributed by atoms with Gasteiger partial charge in [-0.2, -0.15) is 17.2 Å². The van der Waals surface area contributed by atoms with Crippen LogP contribution in [0.1, 0.15) is 32.1 Å². The Hall–Kier alpha value is -0.800. The van der Waals surface area contributed by atoms with Gasteiger partial charge < -0.3 is 10.1 Å². The number of esters is 1. The van der Waals surface area contributed by atoms with Gasteiger partial charge in [0.2, 0.25) is 0 Å². The third kappa shape index (κ3) is 4.14. The SMILES string of the molecule is O=C(OCCCC1CC2CNCC(C1)C2)C(F)(F)S(=O)(=O)O. The normalized spacial score (nSPS) is 29.1. The Morgan fingerprint density at radius 1 is 1.23 bits per heavy atom. The van der Waals surface area contributed by atoms with Crippen molar-refractivity contribution in [1.29, 1.82) is 0 Å². The minimum absolute atomic E-state index is 0.270. The zero-order chi connectivity index (χ0) is 16.4. The Balaban J connectivity index is 1.70. The third-order valence-corrected chi connectivity index (χ3v) is 5.23. The second kappa shape index (κ2) is 6.76. The molecule has 1 saturated carbocycles. The van der Waals surface area contributed by atoms with Crippen LogP contribution in [0.3, 0.4) is 0 Å². The molecule has 0 aromatic rings. The number of piperidine rings is 1. The van der Waals surface area contributed by atoms with Gasteiger partial charge >= 0.3 is 21.3 Å². The Kier molecular flexibility index (Phi) is 5.39. The van der Waals surface area contributed by atoms with E-state index in [-0.39, 0.29) is 6.61 Å². The summed E-state index contributed by atoms with van der Waals surface area (Å²) < 4.78 is 59.2. The molecule has 1 saturated heterocycles. The summed E-state index contributed by atoms with van der Waals surface area (Å²) >= 11 is 0. The number of nitrogens with one attached hydrogen (secondary N) is 1. The molecule has 2 rings (SSSR count). The van der Waals surface area contributed by atoms with Crippen molar-refractivity contribution in [3.05, 3.63) is 0 Å². The summed E-state index contributed by atoms with van der Waals surface area (Å²) in [7, 11) is -5.78. The highest BCUT2D eigenvalue weighted by atomic mass is 32.2. The molecule has 6 nitrogen and oxygen atoms in total. The van der Waals surface area contributed by atoms with Gasteiger partial charge in [-0.3, -0.25) is 4.55 Å². The number of carbonyl (C=O) groups excluding carboxylic acids is 1. The molecule has 2 N–H and O–H groups in total. The zero-order valence-corrected chi connectivity index (χ0v) is 12.9. The summed E-state index contributed by atoms with van der Waals surface area (Å²) in [6.07, 6.45) is 4.57. The smallest absolute Gasteiger partial charge is 0.460 e. The molecule has 0 aromatic heterocycles. The number of hydrogen-bond donors (Lipinski definition) is 2. The van der Waals surface area contributed by atoms with E-state index in [4.69, 9.17) is 4.55 Å². The van der Waals surface area contributed by atoms with Crippen LogP contribution in [-0.2, 0) is 19.6 Å². The lowest BCUT2D eigenvalue weighted by Gasteiger charge is -2.39. The summed E-state index contributed by atoms with van der Waals surface area (Å²) in [5.41, 5.74) is 0. The summed E-state index contributed by atoms with van der Waals surface area (Å²) in [5.74, 6) is -0.417. The highest BCUT2D eigenvalue weighted by molar-refractivity contribution is 7.87. The average Bonchev–Trinajstić information content (AvgIpc) is 2.41. The van der Waals surface area contributed by atoms with Gasteiger partial charge in [0.05, 0.1) is 6.61 Å². The van der Waals surface area contributed by atoms with E-state index in [1.807, 2.05) is 0 Å². The fourth-order valence-corrected chi connectivity index (χ4v) is 3.76. The van der Waals surface area contributed by atoms with Crippen molar-refractivity contribution in [2.45, 2.75) is 37.4 Å². The van der Waals surface area contributed by atoms with E-state index in [0.29, 0.717) is 24.2 Å². The first-order chi connectivity index (χ1) is 10.2. The number of rotatable bonds is 6. The molecule has 22 heavy (non-hydrogen) atoms. The van der Waals surface area contributed by atoms with Crippen LogP contribution in [0.4, 0.5) is 8.78 Å². The number of halogens is 2. The van der Waals surface area contributed by atoms with Gasteiger partial charge in [0.15, 0.2) is 0 Å². The van der Waals surface area contributed by atoms with Gasteiger partial charge in [-0.15, -0.1) is 0 Å². The van der Waals surface area contributed by atoms with Gasteiger partial charge in [-0.1, -0.05) is 0 Å². The quantitative estimate of drug-likeness (QED) is 0.431. The number of ether oxygens (including phenoxy) is 1. The molecule has 0 amide bonds. The molecule has 2 bridgehead atoms. The fraction of sp³-hybridized carbons (Fsp3) is 0.923. The van der Waals surface area contributed by atoms with Gasteiger partial charge in [0.1, 0.15) is 0 Å². The first kappa shape index (κ1) is 17.6. The topological polar surface area (TPSA) is 92.7 Å². The molecule has 0 spiro atoms. The van der Waals surface area contributed by atoms with Gasteiger partial charge in [0, 0.05) is 0 Å². The van der Waals surface area contributed by atoms with Crippen LogP contribution in [0.15, 0.2) is 0 Å². The number of carbonyl (C=O) groups is 1. The van der Waals surface area contributed by atoms with Crippen LogP contribution < -0.4 is 5.32 Å². The molecular formula is C13H21F2NO5S. The minimum Gasteiger partial charge on any atom is -0.460 e. The Morgan fingerprint density at radius 3 is 2.36 bits per heavy atom. The largest absolute Gasteiger partial charge is 0.465 e. The van der Waals surface area contributed by atoms with Crippen LogP contribution in [0, 0.1) is 17.8 Å². The summed E-state index contributed by atoms with van der Waals surface area (Å²) in [5, 5.41) is -1.52. The second-order valence-corrected chi connectivity index (χ2v) is 7.70. The fourth-order valence-electron chi connectivity index (χ4n) is 3.49. The van der Waals surface area contributed by atoms with Crippen LogP contribution in [0.2, 0.25) is 0 Å². The Labute approximate surface area is 128 Å². The van der Waals surface area contributed by atoms with Gasteiger partial charge in [-0.25, -0.2) is 4.79 Å². The molecule has 1 heterocycles. The number of fused-ring (bicyclic) bond motifs is 2. The summed E-state index contributed by atoms with van der Waals surface area (Å²) in [4.78, 5) is 11.0. The lowest BCUT2D eigenvalue weighted by atomic mass is 9.72. The predicted octanol–water partition coefficient (Wildman–Crippen LogP) is 1.43. The average molecular weight is 341 g/mol. The van der Waals surface area contributed by atoms with Crippen molar-refractivity contribution in [2.24, 2.45) is 17.8 Å². The predicted molar refractivity (Wildman–Crippen MR) is 73.9 cm³/mol. The number of alkyl halides is 2. The van der Waals surface area contributed by atoms with E-state index in [0.717, 1.165) is 32.4 Å². The maximum atomic E-state index is 12.9. The van der Waals surface area contributed by atoms with Crippen molar-refractivity contribution in [1.82, 2.24) is 5.32 Å². The maximum absolute atomic E-state index is 12.9. The van der Waals surface area contributed by atoms with E-state index in [9.17, 15) is 22.0 Å². The van der Waals surface area contributed by atoms with E-state index in [1.165, 1.54) is 6.42 Å². The van der Waals surface area contributed by atoms with E-state index in [1.54, 1.807) is 0 Å². The number of hydrogen-bond acceptors (Lipinski definition) is 5. The van der Waals surface area contributed by atoms with Gasteiger partial charge in [-0.05, 0) is 62.9 Å². The van der Waals surface area contributed by atoms with Gasteiger partial charge in [0.25, 0.3) is 0 Å². The molecule has 128 valence electrons. The zero-order valence-electron chi connectivity index (χ0n) is 12.1. The van der Waals surface area contributed by atoms with Crippen LogP contribution in [0.5, 0.6) is 0 Å². The highest BCUT2D eigenvalue weighted by Gasteiger charge is 2.54. The van der Waals surface area contributed by atoms with Crippen LogP contribution in [-0.4, -0.2) is 43.9 Å². The molecular weight excluding hydrogens is 320 g/mol. The minimum atomic E-state index is -5.78. The Bertz CT molecular complexity index is 499. The molecule has 2 fully saturated rings. The lowest BCUT2D eigenvalue weighted by Crippen LogP contribution is -2.41. The van der Waals surface area contributed by atoms with Crippen LogP contribution in [0.25, 0.3) is 0 Å².